The lowest BCUT2D eigenvalue weighted by Crippen LogP contribution is -2.37. The zero-order valence-corrected chi connectivity index (χ0v) is 19.4. The lowest BCUT2D eigenvalue weighted by Gasteiger charge is -2.29. The fourth-order valence-corrected chi connectivity index (χ4v) is 3.12. The summed E-state index contributed by atoms with van der Waals surface area (Å²) in [5, 5.41) is 4.30. The van der Waals surface area contributed by atoms with E-state index in [0.717, 1.165) is 31.5 Å². The summed E-state index contributed by atoms with van der Waals surface area (Å²) in [6, 6.07) is 5.80. The second kappa shape index (κ2) is 12.7. The van der Waals surface area contributed by atoms with Crippen molar-refractivity contribution in [1.82, 2.24) is 9.97 Å². The summed E-state index contributed by atoms with van der Waals surface area (Å²) >= 11 is 12.1. The van der Waals surface area contributed by atoms with Crippen molar-refractivity contribution < 1.29 is 9.47 Å². The minimum atomic E-state index is 0.320. The number of nitrogen functional groups attached to an aromatic ring is 1. The molecular weight excluding hydrogens is 425 g/mol. The number of hydrogen-bond acceptors (Lipinski definition) is 7. The van der Waals surface area contributed by atoms with Crippen molar-refractivity contribution in [3.8, 4) is 6.01 Å². The molecule has 3 N–H and O–H groups in total. The third-order valence-electron chi connectivity index (χ3n) is 4.39. The highest BCUT2D eigenvalue weighted by Gasteiger charge is 2.20. The van der Waals surface area contributed by atoms with Gasteiger partial charge >= 0.3 is 6.01 Å². The van der Waals surface area contributed by atoms with Crippen molar-refractivity contribution >= 4 is 40.5 Å². The van der Waals surface area contributed by atoms with Gasteiger partial charge in [0.2, 0.25) is 0 Å². The van der Waals surface area contributed by atoms with Gasteiger partial charge < -0.3 is 25.4 Å². The number of unbranched alkanes of at least 4 members (excludes halogenated alkanes) is 1. The summed E-state index contributed by atoms with van der Waals surface area (Å²) in [5.74, 6) is 1.20. The Morgan fingerprint density at radius 2 is 1.90 bits per heavy atom. The molecule has 1 aromatic carbocycles. The minimum Gasteiger partial charge on any atom is -0.463 e. The Balaban J connectivity index is 0.00000155. The van der Waals surface area contributed by atoms with E-state index in [2.05, 4.69) is 27.1 Å². The maximum atomic E-state index is 6.38. The summed E-state index contributed by atoms with van der Waals surface area (Å²) in [7, 11) is 0. The van der Waals surface area contributed by atoms with Gasteiger partial charge in [-0.15, -0.1) is 0 Å². The number of anilines is 3. The normalized spacial score (nSPS) is 13.4. The lowest BCUT2D eigenvalue weighted by molar-refractivity contribution is 0.122. The number of nitrogens with zero attached hydrogens (tertiary/aromatic N) is 3. The Bertz CT molecular complexity index is 801. The maximum absolute atomic E-state index is 6.38. The average molecular weight is 456 g/mol. The predicted molar refractivity (Wildman–Crippen MR) is 125 cm³/mol. The molecule has 9 heteroatoms. The molecule has 166 valence electrons. The number of aromatic nitrogens is 2. The highest BCUT2D eigenvalue weighted by Crippen LogP contribution is 2.31. The van der Waals surface area contributed by atoms with E-state index < -0.39 is 0 Å². The van der Waals surface area contributed by atoms with Crippen LogP contribution < -0.4 is 20.7 Å². The van der Waals surface area contributed by atoms with Crippen LogP contribution in [-0.4, -0.2) is 42.9 Å². The summed E-state index contributed by atoms with van der Waals surface area (Å²) < 4.78 is 11.2. The molecule has 0 unspecified atom stereocenters. The van der Waals surface area contributed by atoms with Gasteiger partial charge in [-0.25, -0.2) is 0 Å². The van der Waals surface area contributed by atoms with Crippen LogP contribution in [0.5, 0.6) is 6.01 Å². The van der Waals surface area contributed by atoms with Crippen molar-refractivity contribution in [1.29, 1.82) is 0 Å². The van der Waals surface area contributed by atoms with Crippen LogP contribution in [0.15, 0.2) is 18.2 Å². The average Bonchev–Trinajstić information content (AvgIpc) is 2.78. The van der Waals surface area contributed by atoms with E-state index in [1.807, 2.05) is 26.0 Å². The van der Waals surface area contributed by atoms with Crippen molar-refractivity contribution in [3.05, 3.63) is 33.8 Å². The number of nitrogens with one attached hydrogen (secondary N) is 1. The van der Waals surface area contributed by atoms with E-state index in [1.165, 1.54) is 0 Å². The molecule has 0 atom stereocenters. The number of benzene rings is 1. The molecular formula is C21H31Cl2N5O2. The molecule has 2 aromatic rings. The van der Waals surface area contributed by atoms with Gasteiger partial charge in [-0.3, -0.25) is 0 Å². The highest BCUT2D eigenvalue weighted by atomic mass is 35.5. The first-order chi connectivity index (χ1) is 14.6. The van der Waals surface area contributed by atoms with E-state index in [4.69, 9.17) is 38.4 Å². The van der Waals surface area contributed by atoms with Crippen LogP contribution >= 0.6 is 23.2 Å². The molecule has 0 spiro atoms. The summed E-state index contributed by atoms with van der Waals surface area (Å²) in [6.45, 7) is 9.90. The van der Waals surface area contributed by atoms with Gasteiger partial charge in [0.1, 0.15) is 5.69 Å². The van der Waals surface area contributed by atoms with Crippen LogP contribution in [0.1, 0.15) is 39.2 Å². The molecule has 1 saturated heterocycles. The molecule has 0 amide bonds. The van der Waals surface area contributed by atoms with Crippen molar-refractivity contribution in [2.45, 2.75) is 40.2 Å². The molecule has 1 aliphatic rings. The molecule has 30 heavy (non-hydrogen) atoms. The van der Waals surface area contributed by atoms with Crippen LogP contribution in [0.25, 0.3) is 0 Å². The van der Waals surface area contributed by atoms with Crippen LogP contribution in [0.4, 0.5) is 17.3 Å². The Labute approximate surface area is 188 Å². The smallest absolute Gasteiger partial charge is 0.320 e. The topological polar surface area (TPSA) is 85.5 Å². The standard InChI is InChI=1S/C19H25Cl2N5O2.C2H6/c1-2-3-8-28-19-24-17(23-12-13-4-5-14(20)15(21)11-13)16(22)18(25-19)26-6-9-27-10-7-26;1-2/h4-5,11H,2-3,6-10,12,22H2,1H3,(H,23,24,25);1-2H3. The van der Waals surface area contributed by atoms with Crippen molar-refractivity contribution in [3.63, 3.8) is 0 Å². The minimum absolute atomic E-state index is 0.320. The van der Waals surface area contributed by atoms with Gasteiger partial charge in [0.15, 0.2) is 11.6 Å². The highest BCUT2D eigenvalue weighted by molar-refractivity contribution is 6.42. The second-order valence-electron chi connectivity index (χ2n) is 6.50. The first kappa shape index (κ1) is 24.3. The number of morpholine rings is 1. The fourth-order valence-electron chi connectivity index (χ4n) is 2.80. The molecule has 0 radical (unpaired) electrons. The number of halogens is 2. The van der Waals surface area contributed by atoms with E-state index >= 15 is 0 Å². The quantitative estimate of drug-likeness (QED) is 0.540. The van der Waals surface area contributed by atoms with E-state index in [0.29, 0.717) is 59.7 Å². The molecule has 0 saturated carbocycles. The second-order valence-corrected chi connectivity index (χ2v) is 7.31. The Kier molecular flexibility index (Phi) is 10.3. The van der Waals surface area contributed by atoms with Crippen LogP contribution in [-0.2, 0) is 11.3 Å². The van der Waals surface area contributed by atoms with E-state index in [-0.39, 0.29) is 0 Å². The van der Waals surface area contributed by atoms with Gasteiger partial charge in [0, 0.05) is 19.6 Å². The molecule has 7 nitrogen and oxygen atoms in total. The summed E-state index contributed by atoms with van der Waals surface area (Å²) in [4.78, 5) is 11.1. The van der Waals surface area contributed by atoms with Crippen molar-refractivity contribution in [2.75, 3.05) is 48.9 Å². The Morgan fingerprint density at radius 3 is 2.57 bits per heavy atom. The SMILES string of the molecule is CC.CCCCOc1nc(NCc2ccc(Cl)c(Cl)c2)c(N)c(N2CCOCC2)n1. The van der Waals surface area contributed by atoms with Crippen LogP contribution in [0.3, 0.4) is 0 Å². The zero-order valence-electron chi connectivity index (χ0n) is 17.9. The van der Waals surface area contributed by atoms with Crippen LogP contribution in [0, 0.1) is 0 Å². The summed E-state index contributed by atoms with van der Waals surface area (Å²) in [6.07, 6.45) is 1.97. The zero-order chi connectivity index (χ0) is 21.9. The van der Waals surface area contributed by atoms with Gasteiger partial charge in [-0.1, -0.05) is 56.5 Å². The van der Waals surface area contributed by atoms with E-state index in [1.54, 1.807) is 6.07 Å². The molecule has 3 rings (SSSR count). The van der Waals surface area contributed by atoms with Gasteiger partial charge in [0.25, 0.3) is 0 Å². The maximum Gasteiger partial charge on any atom is 0.320 e. The lowest BCUT2D eigenvalue weighted by atomic mass is 10.2. The number of rotatable bonds is 8. The Morgan fingerprint density at radius 1 is 1.17 bits per heavy atom. The Hall–Kier alpha value is -1.96. The van der Waals surface area contributed by atoms with E-state index in [9.17, 15) is 0 Å². The van der Waals surface area contributed by atoms with Crippen molar-refractivity contribution in [2.24, 2.45) is 0 Å². The van der Waals surface area contributed by atoms with Crippen LogP contribution in [0.2, 0.25) is 10.0 Å². The van der Waals surface area contributed by atoms with Gasteiger partial charge in [-0.05, 0) is 24.1 Å². The summed E-state index contributed by atoms with van der Waals surface area (Å²) in [5.41, 5.74) is 7.84. The van der Waals surface area contributed by atoms with Gasteiger partial charge in [-0.2, -0.15) is 9.97 Å². The molecule has 0 bridgehead atoms. The third kappa shape index (κ3) is 6.79. The molecule has 1 aliphatic heterocycles. The molecule has 2 heterocycles. The number of ether oxygens (including phenoxy) is 2. The predicted octanol–water partition coefficient (Wildman–Crippen LogP) is 5.02. The largest absolute Gasteiger partial charge is 0.463 e. The molecule has 0 aliphatic carbocycles. The fraction of sp³-hybridized carbons (Fsp3) is 0.524. The number of hydrogen-bond donors (Lipinski definition) is 2. The molecule has 1 fully saturated rings. The monoisotopic (exact) mass is 455 g/mol. The molecule has 1 aromatic heterocycles. The van der Waals surface area contributed by atoms with Gasteiger partial charge in [0.05, 0.1) is 29.9 Å². The third-order valence-corrected chi connectivity index (χ3v) is 5.13. The first-order valence-corrected chi connectivity index (χ1v) is 11.1. The first-order valence-electron chi connectivity index (χ1n) is 10.4. The number of nitrogens with two attached hydrogens (primary N) is 1.